The molecule has 0 unspecified atom stereocenters. The lowest BCUT2D eigenvalue weighted by Crippen LogP contribution is -2.35. The van der Waals surface area contributed by atoms with Crippen LogP contribution in [0.15, 0.2) is 11.2 Å². The number of hydrogen-bond donors (Lipinski definition) is 1. The fourth-order valence-electron chi connectivity index (χ4n) is 3.19. The predicted octanol–water partition coefficient (Wildman–Crippen LogP) is 2.92. The molecule has 2 aromatic rings. The summed E-state index contributed by atoms with van der Waals surface area (Å²) in [5, 5.41) is 7.92. The number of amides is 1. The number of aromatic nitrogens is 4. The summed E-state index contributed by atoms with van der Waals surface area (Å²) in [6.45, 7) is 6.61. The van der Waals surface area contributed by atoms with Gasteiger partial charge in [-0.3, -0.25) is 4.79 Å². The van der Waals surface area contributed by atoms with E-state index in [0.717, 1.165) is 17.9 Å². The molecule has 0 aliphatic heterocycles. The normalized spacial score (nSPS) is 17.1. The van der Waals surface area contributed by atoms with Crippen molar-refractivity contribution in [3.8, 4) is 0 Å². The number of nitrogens with one attached hydrogen (secondary N) is 1. The Morgan fingerprint density at radius 3 is 2.83 bits per heavy atom. The number of rotatable bonds is 5. The molecular formula is C17H25N5OS. The van der Waals surface area contributed by atoms with Crippen molar-refractivity contribution in [2.45, 2.75) is 63.3 Å². The van der Waals surface area contributed by atoms with Gasteiger partial charge in [-0.2, -0.15) is 4.98 Å². The lowest BCUT2D eigenvalue weighted by Gasteiger charge is -2.22. The number of fused-ring (bicyclic) bond motifs is 1. The predicted molar refractivity (Wildman–Crippen MR) is 95.2 cm³/mol. The lowest BCUT2D eigenvalue weighted by atomic mass is 9.89. The van der Waals surface area contributed by atoms with E-state index in [1.807, 2.05) is 26.8 Å². The first kappa shape index (κ1) is 17.2. The molecule has 1 saturated carbocycles. The van der Waals surface area contributed by atoms with Crippen LogP contribution in [0.25, 0.3) is 5.78 Å². The van der Waals surface area contributed by atoms with E-state index < -0.39 is 0 Å². The van der Waals surface area contributed by atoms with Crippen LogP contribution in [0.2, 0.25) is 0 Å². The monoisotopic (exact) mass is 347 g/mol. The summed E-state index contributed by atoms with van der Waals surface area (Å²) in [5.74, 6) is 1.29. The summed E-state index contributed by atoms with van der Waals surface area (Å²) in [4.78, 5) is 21.1. The molecule has 0 radical (unpaired) electrons. The van der Waals surface area contributed by atoms with Gasteiger partial charge in [-0.05, 0) is 45.6 Å². The van der Waals surface area contributed by atoms with Gasteiger partial charge >= 0.3 is 0 Å². The van der Waals surface area contributed by atoms with Crippen molar-refractivity contribution in [2.24, 2.45) is 5.92 Å². The fraction of sp³-hybridized carbons (Fsp3) is 0.647. The van der Waals surface area contributed by atoms with Crippen molar-refractivity contribution < 1.29 is 4.79 Å². The topological polar surface area (TPSA) is 72.2 Å². The van der Waals surface area contributed by atoms with E-state index in [1.54, 1.807) is 4.52 Å². The van der Waals surface area contributed by atoms with Crippen molar-refractivity contribution >= 4 is 23.4 Å². The Morgan fingerprint density at radius 1 is 1.33 bits per heavy atom. The zero-order valence-electron chi connectivity index (χ0n) is 14.6. The van der Waals surface area contributed by atoms with Gasteiger partial charge in [0, 0.05) is 17.9 Å². The molecule has 0 bridgehead atoms. The zero-order valence-corrected chi connectivity index (χ0v) is 15.4. The summed E-state index contributed by atoms with van der Waals surface area (Å²) in [6.07, 6.45) is 6.40. The Hall–Kier alpha value is -1.63. The highest BCUT2D eigenvalue weighted by Crippen LogP contribution is 2.24. The van der Waals surface area contributed by atoms with Crippen molar-refractivity contribution in [1.29, 1.82) is 0 Å². The molecule has 1 amide bonds. The van der Waals surface area contributed by atoms with Gasteiger partial charge in [-0.1, -0.05) is 31.0 Å². The standard InChI is InChI=1S/C17H25N5OS/c1-11-9-12(2)22-16(19-11)20-17(21-22)24-13(3)15(23)18-10-14-7-5-4-6-8-14/h9,13-14H,4-8,10H2,1-3H3,(H,18,23)/t13-/m0/s1. The molecular weight excluding hydrogens is 322 g/mol. The van der Waals surface area contributed by atoms with Crippen LogP contribution < -0.4 is 5.32 Å². The third-order valence-electron chi connectivity index (χ3n) is 4.54. The van der Waals surface area contributed by atoms with E-state index >= 15 is 0 Å². The first-order valence-corrected chi connectivity index (χ1v) is 9.56. The summed E-state index contributed by atoms with van der Waals surface area (Å²) >= 11 is 1.38. The molecule has 24 heavy (non-hydrogen) atoms. The van der Waals surface area contributed by atoms with Crippen molar-refractivity contribution in [2.75, 3.05) is 6.54 Å². The van der Waals surface area contributed by atoms with Gasteiger partial charge in [0.05, 0.1) is 5.25 Å². The van der Waals surface area contributed by atoms with Crippen molar-refractivity contribution in [3.63, 3.8) is 0 Å². The molecule has 6 nitrogen and oxygen atoms in total. The second kappa shape index (κ2) is 7.51. The van der Waals surface area contributed by atoms with Gasteiger partial charge in [-0.15, -0.1) is 5.10 Å². The first-order chi connectivity index (χ1) is 11.5. The molecule has 2 aromatic heterocycles. The highest BCUT2D eigenvalue weighted by molar-refractivity contribution is 8.00. The lowest BCUT2D eigenvalue weighted by molar-refractivity contribution is -0.120. The summed E-state index contributed by atoms with van der Waals surface area (Å²) in [6, 6.07) is 1.97. The van der Waals surface area contributed by atoms with Gasteiger partial charge < -0.3 is 5.32 Å². The van der Waals surface area contributed by atoms with Crippen molar-refractivity contribution in [1.82, 2.24) is 24.9 Å². The molecule has 0 aromatic carbocycles. The highest BCUT2D eigenvalue weighted by atomic mass is 32.2. The molecule has 7 heteroatoms. The Balaban J connectivity index is 1.58. The van der Waals surface area contributed by atoms with Gasteiger partial charge in [0.15, 0.2) is 0 Å². The molecule has 130 valence electrons. The molecule has 2 heterocycles. The van der Waals surface area contributed by atoms with Crippen LogP contribution in [-0.4, -0.2) is 37.3 Å². The zero-order chi connectivity index (χ0) is 17.1. The maximum absolute atomic E-state index is 12.3. The minimum Gasteiger partial charge on any atom is -0.355 e. The molecule has 1 aliphatic carbocycles. The van der Waals surface area contributed by atoms with E-state index in [9.17, 15) is 4.79 Å². The number of aryl methyl sites for hydroxylation is 2. The molecule has 1 N–H and O–H groups in total. The Kier molecular flexibility index (Phi) is 5.38. The minimum atomic E-state index is -0.215. The van der Waals surface area contributed by atoms with E-state index in [1.165, 1.54) is 43.9 Å². The summed E-state index contributed by atoms with van der Waals surface area (Å²) in [5.41, 5.74) is 1.91. The molecule has 1 aliphatic rings. The molecule has 0 spiro atoms. The first-order valence-electron chi connectivity index (χ1n) is 8.68. The van der Waals surface area contributed by atoms with Crippen LogP contribution in [0.4, 0.5) is 0 Å². The minimum absolute atomic E-state index is 0.0605. The van der Waals surface area contributed by atoms with Crippen LogP contribution in [0.5, 0.6) is 0 Å². The average Bonchev–Trinajstić information content (AvgIpc) is 2.96. The number of nitrogens with zero attached hydrogens (tertiary/aromatic N) is 4. The Morgan fingerprint density at radius 2 is 2.08 bits per heavy atom. The van der Waals surface area contributed by atoms with Crippen molar-refractivity contribution in [3.05, 3.63) is 17.5 Å². The molecule has 0 saturated heterocycles. The maximum Gasteiger partial charge on any atom is 0.253 e. The van der Waals surface area contributed by atoms with Crippen LogP contribution in [0.1, 0.15) is 50.4 Å². The van der Waals surface area contributed by atoms with Crippen LogP contribution in [0.3, 0.4) is 0 Å². The van der Waals surface area contributed by atoms with E-state index in [-0.39, 0.29) is 11.2 Å². The van der Waals surface area contributed by atoms with Gasteiger partial charge in [0.25, 0.3) is 5.78 Å². The molecule has 3 rings (SSSR count). The van der Waals surface area contributed by atoms with Gasteiger partial charge in [-0.25, -0.2) is 9.50 Å². The Labute approximate surface area is 146 Å². The average molecular weight is 347 g/mol. The van der Waals surface area contributed by atoms with Crippen LogP contribution >= 0.6 is 11.8 Å². The van der Waals surface area contributed by atoms with Gasteiger partial charge in [0.2, 0.25) is 11.1 Å². The maximum atomic E-state index is 12.3. The summed E-state index contributed by atoms with van der Waals surface area (Å²) < 4.78 is 1.72. The third-order valence-corrected chi connectivity index (χ3v) is 5.49. The van der Waals surface area contributed by atoms with Crippen LogP contribution in [0, 0.1) is 19.8 Å². The summed E-state index contributed by atoms with van der Waals surface area (Å²) in [7, 11) is 0. The molecule has 1 fully saturated rings. The third kappa shape index (κ3) is 4.06. The van der Waals surface area contributed by atoms with E-state index in [4.69, 9.17) is 0 Å². The number of carbonyl (C=O) groups is 1. The second-order valence-electron chi connectivity index (χ2n) is 6.65. The number of thioether (sulfide) groups is 1. The second-order valence-corrected chi connectivity index (χ2v) is 7.96. The largest absolute Gasteiger partial charge is 0.355 e. The quantitative estimate of drug-likeness (QED) is 0.842. The van der Waals surface area contributed by atoms with E-state index in [0.29, 0.717) is 16.9 Å². The smallest absolute Gasteiger partial charge is 0.253 e. The van der Waals surface area contributed by atoms with E-state index in [2.05, 4.69) is 20.4 Å². The van der Waals surface area contributed by atoms with Gasteiger partial charge in [0.1, 0.15) is 0 Å². The fourth-order valence-corrected chi connectivity index (χ4v) is 3.96. The van der Waals surface area contributed by atoms with Crippen LogP contribution in [-0.2, 0) is 4.79 Å². The molecule has 1 atom stereocenters. The number of hydrogen-bond acceptors (Lipinski definition) is 5. The number of carbonyl (C=O) groups excluding carboxylic acids is 1. The Bertz CT molecular complexity index is 723. The SMILES string of the molecule is Cc1cc(C)n2nc(S[C@@H](C)C(=O)NCC3CCCCC3)nc2n1. The highest BCUT2D eigenvalue weighted by Gasteiger charge is 2.20.